The van der Waals surface area contributed by atoms with Gasteiger partial charge in [-0.25, -0.2) is 9.18 Å². The van der Waals surface area contributed by atoms with E-state index in [0.29, 0.717) is 22.0 Å². The van der Waals surface area contributed by atoms with E-state index in [0.717, 1.165) is 12.8 Å². The van der Waals surface area contributed by atoms with Gasteiger partial charge >= 0.3 is 5.97 Å². The molecular weight excluding hydrogens is 529 g/mol. The summed E-state index contributed by atoms with van der Waals surface area (Å²) in [6.45, 7) is 1.22. The van der Waals surface area contributed by atoms with Crippen LogP contribution in [0.3, 0.4) is 0 Å². The minimum absolute atomic E-state index is 0.0668. The van der Waals surface area contributed by atoms with E-state index in [9.17, 15) is 23.6 Å². The van der Waals surface area contributed by atoms with Crippen LogP contribution in [0.5, 0.6) is 0 Å². The van der Waals surface area contributed by atoms with Crippen molar-refractivity contribution in [2.45, 2.75) is 45.5 Å². The molecule has 1 fully saturated rings. The van der Waals surface area contributed by atoms with Gasteiger partial charge in [0, 0.05) is 42.4 Å². The molecule has 1 aromatic heterocycles. The molecule has 1 aliphatic carbocycles. The molecule has 0 unspecified atom stereocenters. The summed E-state index contributed by atoms with van der Waals surface area (Å²) in [6.07, 6.45) is 3.11. The van der Waals surface area contributed by atoms with Crippen LogP contribution in [0.2, 0.25) is 5.02 Å². The van der Waals surface area contributed by atoms with E-state index >= 15 is 0 Å². The number of amides is 2. The lowest BCUT2D eigenvalue weighted by Crippen LogP contribution is -2.43. The van der Waals surface area contributed by atoms with Crippen LogP contribution in [-0.2, 0) is 38.8 Å². The fourth-order valence-electron chi connectivity index (χ4n) is 4.48. The number of Topliss-reactive ketones (excluding diaryl/α,β-unsaturated/α-hetero) is 1. The van der Waals surface area contributed by atoms with Gasteiger partial charge in [-0.1, -0.05) is 17.7 Å². The quantitative estimate of drug-likeness (QED) is 0.283. The summed E-state index contributed by atoms with van der Waals surface area (Å²) in [5, 5.41) is 3.21. The number of aromatic nitrogens is 1. The molecule has 3 aromatic rings. The second-order valence-electron chi connectivity index (χ2n) is 9.46. The third-order valence-electron chi connectivity index (χ3n) is 6.56. The molecule has 39 heavy (non-hydrogen) atoms. The van der Waals surface area contributed by atoms with Gasteiger partial charge in [0.05, 0.1) is 36.4 Å². The van der Waals surface area contributed by atoms with Crippen LogP contribution in [0.1, 0.15) is 51.6 Å². The Morgan fingerprint density at radius 1 is 1.15 bits per heavy atom. The number of benzene rings is 2. The first-order valence-electron chi connectivity index (χ1n) is 12.4. The van der Waals surface area contributed by atoms with Gasteiger partial charge in [-0.2, -0.15) is 0 Å². The van der Waals surface area contributed by atoms with E-state index < -0.39 is 17.7 Å². The lowest BCUT2D eigenvalue weighted by atomic mass is 10.1. The van der Waals surface area contributed by atoms with Crippen molar-refractivity contribution in [2.75, 3.05) is 20.8 Å². The van der Waals surface area contributed by atoms with E-state index in [1.807, 2.05) is 0 Å². The van der Waals surface area contributed by atoms with Gasteiger partial charge in [-0.3, -0.25) is 14.4 Å². The normalized spacial score (nSPS) is 12.8. The first kappa shape index (κ1) is 28.3. The molecule has 9 nitrogen and oxygen atoms in total. The van der Waals surface area contributed by atoms with Crippen LogP contribution in [0.25, 0.3) is 10.9 Å². The van der Waals surface area contributed by atoms with Gasteiger partial charge in [0.15, 0.2) is 5.78 Å². The smallest absolute Gasteiger partial charge is 0.337 e. The molecule has 0 spiro atoms. The molecule has 2 amide bonds. The predicted molar refractivity (Wildman–Crippen MR) is 142 cm³/mol. The maximum Gasteiger partial charge on any atom is 0.337 e. The number of esters is 1. The highest BCUT2D eigenvalue weighted by molar-refractivity contribution is 6.30. The van der Waals surface area contributed by atoms with Crippen molar-refractivity contribution in [2.24, 2.45) is 0 Å². The molecule has 1 N–H and O–H groups in total. The largest absolute Gasteiger partial charge is 0.465 e. The average Bonchev–Trinajstić information content (AvgIpc) is 3.69. The summed E-state index contributed by atoms with van der Waals surface area (Å²) in [7, 11) is 2.78. The fraction of sp³-hybridized carbons (Fsp3) is 0.357. The minimum Gasteiger partial charge on any atom is -0.465 e. The van der Waals surface area contributed by atoms with Crippen molar-refractivity contribution in [3.05, 3.63) is 69.6 Å². The average molecular weight is 558 g/mol. The molecule has 0 radical (unpaired) electrons. The molecule has 4 rings (SSSR count). The third-order valence-corrected chi connectivity index (χ3v) is 6.84. The first-order valence-corrected chi connectivity index (χ1v) is 12.7. The highest BCUT2D eigenvalue weighted by Crippen LogP contribution is 2.29. The number of carbonyl (C=O) groups is 4. The molecule has 1 heterocycles. The number of carbonyl (C=O) groups excluding carboxylic acids is 4. The van der Waals surface area contributed by atoms with E-state index in [2.05, 4.69) is 5.32 Å². The Balaban J connectivity index is 1.50. The molecular formula is C28H29ClFN3O6. The maximum absolute atomic E-state index is 14.5. The Morgan fingerprint density at radius 2 is 1.90 bits per heavy atom. The number of nitrogens with one attached hydrogen (secondary N) is 1. The van der Waals surface area contributed by atoms with Crippen LogP contribution in [0, 0.1) is 5.82 Å². The van der Waals surface area contributed by atoms with Crippen LogP contribution in [-0.4, -0.2) is 59.8 Å². The second kappa shape index (κ2) is 12.0. The number of methoxy groups -OCH3 is 2. The van der Waals surface area contributed by atoms with Gasteiger partial charge < -0.3 is 24.3 Å². The number of fused-ring (bicyclic) bond motifs is 1. The highest BCUT2D eigenvalue weighted by atomic mass is 35.5. The number of rotatable bonds is 11. The van der Waals surface area contributed by atoms with E-state index in [-0.39, 0.29) is 60.1 Å². The maximum atomic E-state index is 14.5. The van der Waals surface area contributed by atoms with E-state index in [4.69, 9.17) is 21.1 Å². The van der Waals surface area contributed by atoms with E-state index in [1.165, 1.54) is 32.1 Å². The highest BCUT2D eigenvalue weighted by Gasteiger charge is 2.34. The zero-order valence-electron chi connectivity index (χ0n) is 21.9. The number of ether oxygens (including phenoxy) is 2. The van der Waals surface area contributed by atoms with Crippen molar-refractivity contribution in [3.63, 3.8) is 0 Å². The van der Waals surface area contributed by atoms with Crippen LogP contribution < -0.4 is 5.32 Å². The second-order valence-corrected chi connectivity index (χ2v) is 9.87. The van der Waals surface area contributed by atoms with Crippen molar-refractivity contribution in [3.8, 4) is 0 Å². The van der Waals surface area contributed by atoms with Crippen LogP contribution in [0.15, 0.2) is 36.5 Å². The number of halogens is 2. The molecule has 0 bridgehead atoms. The number of ketones is 1. The minimum atomic E-state index is -0.626. The topological polar surface area (TPSA) is 107 Å². The number of hydrogen-bond donors (Lipinski definition) is 1. The summed E-state index contributed by atoms with van der Waals surface area (Å²) in [4.78, 5) is 51.9. The van der Waals surface area contributed by atoms with Crippen molar-refractivity contribution in [1.29, 1.82) is 0 Å². The molecule has 1 aliphatic rings. The zero-order valence-corrected chi connectivity index (χ0v) is 22.6. The molecule has 1 saturated carbocycles. The third kappa shape index (κ3) is 6.46. The fourth-order valence-corrected chi connectivity index (χ4v) is 4.74. The SMILES string of the molecule is COCc1cc(Cl)c(F)c(CNC(=O)CN(C(=O)Cn2cc(C(C)=O)c3ccc(C(=O)OC)cc32)C2CC2)c1. The van der Waals surface area contributed by atoms with Gasteiger partial charge in [-0.15, -0.1) is 0 Å². The monoisotopic (exact) mass is 557 g/mol. The Labute approximate surface area is 229 Å². The van der Waals surface area contributed by atoms with Gasteiger partial charge in [-0.05, 0) is 49.6 Å². The summed E-state index contributed by atoms with van der Waals surface area (Å²) in [5.41, 5.74) is 2.11. The van der Waals surface area contributed by atoms with E-state index in [1.54, 1.807) is 35.0 Å². The molecule has 0 saturated heterocycles. The standard InChI is InChI=1S/C28H29ClFN3O6/c1-16(34)22-12-32(24-10-18(28(37)39-3)4-7-21(22)24)14-26(36)33(20-5-6-20)13-25(35)31-11-19-8-17(15-38-2)9-23(29)27(19)30/h4,7-10,12,20H,5-6,11,13-15H2,1-3H3,(H,31,35). The molecule has 11 heteroatoms. The molecule has 0 atom stereocenters. The molecule has 2 aromatic carbocycles. The van der Waals surface area contributed by atoms with Gasteiger partial charge in [0.25, 0.3) is 0 Å². The van der Waals surface area contributed by atoms with Gasteiger partial charge in [0.2, 0.25) is 11.8 Å². The lowest BCUT2D eigenvalue weighted by Gasteiger charge is -2.22. The lowest BCUT2D eigenvalue weighted by molar-refractivity contribution is -0.137. The number of nitrogens with zero attached hydrogens (tertiary/aromatic N) is 2. The summed E-state index contributed by atoms with van der Waals surface area (Å²) in [5.74, 6) is -2.12. The Kier molecular flexibility index (Phi) is 8.66. The Morgan fingerprint density at radius 3 is 2.54 bits per heavy atom. The molecule has 0 aliphatic heterocycles. The zero-order chi connectivity index (χ0) is 28.3. The number of hydrogen-bond acceptors (Lipinski definition) is 6. The Hall–Kier alpha value is -3.76. The van der Waals surface area contributed by atoms with Crippen molar-refractivity contribution < 1.29 is 33.0 Å². The molecule has 206 valence electrons. The first-order chi connectivity index (χ1) is 18.6. The van der Waals surface area contributed by atoms with Crippen LogP contribution in [0.4, 0.5) is 4.39 Å². The Bertz CT molecular complexity index is 1450. The predicted octanol–water partition coefficient (Wildman–Crippen LogP) is 3.88. The summed E-state index contributed by atoms with van der Waals surface area (Å²) >= 11 is 5.98. The van der Waals surface area contributed by atoms with Crippen molar-refractivity contribution in [1.82, 2.24) is 14.8 Å². The van der Waals surface area contributed by atoms with Crippen LogP contribution >= 0.6 is 11.6 Å². The van der Waals surface area contributed by atoms with Crippen molar-refractivity contribution >= 4 is 46.1 Å². The van der Waals surface area contributed by atoms with Gasteiger partial charge in [0.1, 0.15) is 12.4 Å². The summed E-state index contributed by atoms with van der Waals surface area (Å²) < 4.78 is 26.0. The summed E-state index contributed by atoms with van der Waals surface area (Å²) in [6, 6.07) is 7.75.